The standard InChI is InChI=1S/C24H31NO4/c1-6-8-11-16-17-19(18(16)22(26)28-7-2)21-15-13-10-9-12-14(15)20(17)25(21)23(27)29-24(3,4)5/h9-10,12-13,17,19-21H,6-8,11H2,1-5H3/t17-,19-,20+,21-/m0/s1. The SMILES string of the molecule is CCCCC1=C(C(=O)OCC)[C@@H]2[C@H]1[C@H]1c3ccccc3[C@@H]2N1C(=O)OC(C)(C)C. The Bertz CT molecular complexity index is 866. The van der Waals surface area contributed by atoms with Gasteiger partial charge in [-0.3, -0.25) is 4.90 Å². The lowest BCUT2D eigenvalue weighted by Gasteiger charge is -2.42. The van der Waals surface area contributed by atoms with Crippen molar-refractivity contribution in [3.8, 4) is 0 Å². The average molecular weight is 398 g/mol. The number of fused-ring (bicyclic) bond motifs is 8. The Balaban J connectivity index is 1.75. The smallest absolute Gasteiger partial charge is 0.411 e. The van der Waals surface area contributed by atoms with Gasteiger partial charge < -0.3 is 9.47 Å². The molecule has 2 aliphatic heterocycles. The molecule has 0 unspecified atom stereocenters. The second kappa shape index (κ2) is 7.19. The molecule has 0 saturated carbocycles. The maximum absolute atomic E-state index is 13.2. The summed E-state index contributed by atoms with van der Waals surface area (Å²) >= 11 is 0. The third-order valence-corrected chi connectivity index (χ3v) is 6.28. The van der Waals surface area contributed by atoms with Crippen molar-refractivity contribution in [3.05, 3.63) is 46.5 Å². The first-order valence-corrected chi connectivity index (χ1v) is 10.8. The van der Waals surface area contributed by atoms with Crippen LogP contribution in [0, 0.1) is 11.8 Å². The minimum Gasteiger partial charge on any atom is -0.463 e. The second-order valence-electron chi connectivity index (χ2n) is 9.22. The van der Waals surface area contributed by atoms with Crippen LogP contribution in [0.2, 0.25) is 0 Å². The maximum Gasteiger partial charge on any atom is 0.411 e. The van der Waals surface area contributed by atoms with E-state index in [0.29, 0.717) is 6.61 Å². The van der Waals surface area contributed by atoms with E-state index < -0.39 is 5.60 Å². The molecule has 4 rings (SSSR count). The summed E-state index contributed by atoms with van der Waals surface area (Å²) in [6.45, 7) is 10.0. The van der Waals surface area contributed by atoms with Crippen molar-refractivity contribution >= 4 is 12.1 Å². The number of benzene rings is 1. The molecule has 5 heteroatoms. The second-order valence-corrected chi connectivity index (χ2v) is 9.22. The van der Waals surface area contributed by atoms with Crippen molar-refractivity contribution in [2.75, 3.05) is 6.61 Å². The number of amides is 1. The Morgan fingerprint density at radius 2 is 1.66 bits per heavy atom. The van der Waals surface area contributed by atoms with Gasteiger partial charge in [-0.25, -0.2) is 9.59 Å². The van der Waals surface area contributed by atoms with Gasteiger partial charge >= 0.3 is 12.1 Å². The Labute approximate surface area is 173 Å². The predicted molar refractivity (Wildman–Crippen MR) is 110 cm³/mol. The molecule has 1 amide bonds. The molecule has 3 aliphatic rings. The van der Waals surface area contributed by atoms with Crippen LogP contribution in [0.1, 0.15) is 77.1 Å². The van der Waals surface area contributed by atoms with E-state index in [2.05, 4.69) is 19.1 Å². The molecule has 1 aromatic carbocycles. The van der Waals surface area contributed by atoms with Crippen LogP contribution in [0.4, 0.5) is 4.79 Å². The largest absolute Gasteiger partial charge is 0.463 e. The van der Waals surface area contributed by atoms with Crippen molar-refractivity contribution in [2.24, 2.45) is 11.8 Å². The van der Waals surface area contributed by atoms with Crippen LogP contribution >= 0.6 is 0 Å². The van der Waals surface area contributed by atoms with E-state index >= 15 is 0 Å². The molecule has 1 saturated heterocycles. The number of esters is 1. The first kappa shape index (κ1) is 20.0. The molecule has 1 aliphatic carbocycles. The van der Waals surface area contributed by atoms with Crippen molar-refractivity contribution in [2.45, 2.75) is 71.6 Å². The Morgan fingerprint density at radius 3 is 2.21 bits per heavy atom. The van der Waals surface area contributed by atoms with Crippen LogP contribution in [0.5, 0.6) is 0 Å². The summed E-state index contributed by atoms with van der Waals surface area (Å²) in [5, 5.41) is 0. The number of ether oxygens (including phenoxy) is 2. The van der Waals surface area contributed by atoms with E-state index in [1.165, 1.54) is 11.1 Å². The number of rotatable bonds is 5. The van der Waals surface area contributed by atoms with E-state index in [0.717, 1.165) is 30.4 Å². The topological polar surface area (TPSA) is 55.8 Å². The first-order valence-electron chi connectivity index (χ1n) is 10.8. The Morgan fingerprint density at radius 1 is 1.03 bits per heavy atom. The summed E-state index contributed by atoms with van der Waals surface area (Å²) in [5.41, 5.74) is 3.77. The average Bonchev–Trinajstić information content (AvgIpc) is 3.09. The molecule has 1 fully saturated rings. The zero-order chi connectivity index (χ0) is 20.9. The summed E-state index contributed by atoms with van der Waals surface area (Å²) in [6, 6.07) is 8.03. The number of unbranched alkanes of at least 4 members (excludes halogenated alkanes) is 1. The van der Waals surface area contributed by atoms with Gasteiger partial charge in [-0.1, -0.05) is 43.2 Å². The molecule has 29 heavy (non-hydrogen) atoms. The van der Waals surface area contributed by atoms with Crippen LogP contribution in [-0.2, 0) is 14.3 Å². The van der Waals surface area contributed by atoms with Gasteiger partial charge in [0.25, 0.3) is 0 Å². The molecule has 4 atom stereocenters. The van der Waals surface area contributed by atoms with Crippen LogP contribution in [-0.4, -0.2) is 29.2 Å². The summed E-state index contributed by atoms with van der Waals surface area (Å²) in [7, 11) is 0. The number of nitrogens with zero attached hydrogens (tertiary/aromatic N) is 1. The number of hydrogen-bond donors (Lipinski definition) is 0. The third kappa shape index (κ3) is 3.06. The lowest BCUT2D eigenvalue weighted by molar-refractivity contribution is -0.140. The molecule has 0 spiro atoms. The van der Waals surface area contributed by atoms with Crippen molar-refractivity contribution in [1.82, 2.24) is 4.90 Å². The normalized spacial score (nSPS) is 26.7. The lowest BCUT2D eigenvalue weighted by Crippen LogP contribution is -2.39. The summed E-state index contributed by atoms with van der Waals surface area (Å²) < 4.78 is 11.2. The Hall–Kier alpha value is -2.30. The van der Waals surface area contributed by atoms with Gasteiger partial charge in [0, 0.05) is 17.4 Å². The first-order chi connectivity index (χ1) is 13.8. The molecule has 5 nitrogen and oxygen atoms in total. The molecule has 0 aromatic heterocycles. The van der Waals surface area contributed by atoms with Gasteiger partial charge in [0.2, 0.25) is 0 Å². The van der Waals surface area contributed by atoms with E-state index in [1.807, 2.05) is 44.7 Å². The molecule has 0 N–H and O–H groups in total. The highest BCUT2D eigenvalue weighted by molar-refractivity contribution is 5.94. The summed E-state index contributed by atoms with van der Waals surface area (Å²) in [4.78, 5) is 27.9. The zero-order valence-electron chi connectivity index (χ0n) is 18.0. The molecule has 156 valence electrons. The molecule has 1 aromatic rings. The minimum absolute atomic E-state index is 0.00771. The summed E-state index contributed by atoms with van der Waals surface area (Å²) in [5.74, 6) is -0.0179. The highest BCUT2D eigenvalue weighted by atomic mass is 16.6. The van der Waals surface area contributed by atoms with E-state index in [1.54, 1.807) is 0 Å². The highest BCUT2D eigenvalue weighted by Gasteiger charge is 2.66. The van der Waals surface area contributed by atoms with Gasteiger partial charge in [-0.2, -0.15) is 0 Å². The zero-order valence-corrected chi connectivity index (χ0v) is 18.0. The number of hydrogen-bond acceptors (Lipinski definition) is 4. The van der Waals surface area contributed by atoms with Crippen LogP contribution in [0.3, 0.4) is 0 Å². The molecular weight excluding hydrogens is 366 g/mol. The predicted octanol–water partition coefficient (Wildman–Crippen LogP) is 5.33. The fourth-order valence-electron chi connectivity index (χ4n) is 5.38. The van der Waals surface area contributed by atoms with Crippen molar-refractivity contribution in [1.29, 1.82) is 0 Å². The monoisotopic (exact) mass is 397 g/mol. The van der Waals surface area contributed by atoms with Crippen molar-refractivity contribution in [3.63, 3.8) is 0 Å². The fraction of sp³-hybridized carbons (Fsp3) is 0.583. The van der Waals surface area contributed by atoms with Gasteiger partial charge in [0.1, 0.15) is 5.60 Å². The fourth-order valence-corrected chi connectivity index (χ4v) is 5.38. The maximum atomic E-state index is 13.2. The highest BCUT2D eigenvalue weighted by Crippen LogP contribution is 2.69. The molecule has 2 heterocycles. The van der Waals surface area contributed by atoms with Crippen LogP contribution in [0.15, 0.2) is 35.4 Å². The van der Waals surface area contributed by atoms with E-state index in [9.17, 15) is 9.59 Å². The van der Waals surface area contributed by atoms with Crippen LogP contribution in [0.25, 0.3) is 0 Å². The van der Waals surface area contributed by atoms with Gasteiger partial charge in [-0.05, 0) is 51.7 Å². The Kier molecular flexibility index (Phi) is 4.96. The summed E-state index contributed by atoms with van der Waals surface area (Å²) in [6.07, 6.45) is 2.69. The van der Waals surface area contributed by atoms with E-state index in [4.69, 9.17) is 9.47 Å². The van der Waals surface area contributed by atoms with Gasteiger partial charge in [-0.15, -0.1) is 0 Å². The van der Waals surface area contributed by atoms with Gasteiger partial charge in [0.15, 0.2) is 0 Å². The minimum atomic E-state index is -0.563. The molecule has 0 radical (unpaired) electrons. The molecule has 2 bridgehead atoms. The quantitative estimate of drug-likeness (QED) is 0.630. The van der Waals surface area contributed by atoms with Crippen molar-refractivity contribution < 1.29 is 19.1 Å². The lowest BCUT2D eigenvalue weighted by atomic mass is 9.59. The number of carbonyl (C=O) groups is 2. The third-order valence-electron chi connectivity index (χ3n) is 6.28. The van der Waals surface area contributed by atoms with Gasteiger partial charge in [0.05, 0.1) is 18.7 Å². The van der Waals surface area contributed by atoms with E-state index in [-0.39, 0.29) is 36.0 Å². The van der Waals surface area contributed by atoms with Crippen LogP contribution < -0.4 is 0 Å². The molecular formula is C24H31NO4. The number of carbonyl (C=O) groups excluding carboxylic acids is 2.